The van der Waals surface area contributed by atoms with Crippen LogP contribution in [-0.4, -0.2) is 24.8 Å². The lowest BCUT2D eigenvalue weighted by Gasteiger charge is -2.09. The van der Waals surface area contributed by atoms with Gasteiger partial charge in [0.1, 0.15) is 5.75 Å². The Morgan fingerprint density at radius 1 is 1.00 bits per heavy atom. The molecule has 0 aliphatic heterocycles. The van der Waals surface area contributed by atoms with Crippen LogP contribution in [0.4, 0.5) is 0 Å². The SMILES string of the molecule is C=CC(=O)NCCCCOc1ccccc1C=CC(=O)c1ccccc1. The van der Waals surface area contributed by atoms with Gasteiger partial charge in [-0.2, -0.15) is 0 Å². The number of hydrogen-bond donors (Lipinski definition) is 1. The van der Waals surface area contributed by atoms with E-state index in [9.17, 15) is 9.59 Å². The molecule has 1 N–H and O–H groups in total. The van der Waals surface area contributed by atoms with Gasteiger partial charge < -0.3 is 10.1 Å². The molecule has 4 nitrogen and oxygen atoms in total. The lowest BCUT2D eigenvalue weighted by molar-refractivity contribution is -0.116. The molecule has 1 amide bonds. The molecular formula is C22H23NO3. The number of carbonyl (C=O) groups is 2. The third kappa shape index (κ3) is 6.40. The Kier molecular flexibility index (Phi) is 7.87. The number of para-hydroxylation sites is 1. The molecule has 0 radical (unpaired) electrons. The first kappa shape index (κ1) is 19.2. The minimum absolute atomic E-state index is 0.0432. The Hall–Kier alpha value is -3.14. The topological polar surface area (TPSA) is 55.4 Å². The molecule has 0 saturated heterocycles. The minimum Gasteiger partial charge on any atom is -0.493 e. The molecule has 0 aliphatic rings. The summed E-state index contributed by atoms with van der Waals surface area (Å²) in [6, 6.07) is 16.7. The summed E-state index contributed by atoms with van der Waals surface area (Å²) in [7, 11) is 0. The van der Waals surface area contributed by atoms with Crippen molar-refractivity contribution in [3.05, 3.63) is 84.5 Å². The van der Waals surface area contributed by atoms with E-state index in [2.05, 4.69) is 11.9 Å². The van der Waals surface area contributed by atoms with Gasteiger partial charge in [-0.05, 0) is 37.1 Å². The van der Waals surface area contributed by atoms with Crippen LogP contribution >= 0.6 is 0 Å². The van der Waals surface area contributed by atoms with Crippen molar-refractivity contribution in [1.82, 2.24) is 5.32 Å². The summed E-state index contributed by atoms with van der Waals surface area (Å²) in [5.41, 5.74) is 1.51. The maximum Gasteiger partial charge on any atom is 0.243 e. The first-order valence-electron chi connectivity index (χ1n) is 8.60. The van der Waals surface area contributed by atoms with Crippen molar-refractivity contribution in [2.75, 3.05) is 13.2 Å². The maximum atomic E-state index is 12.2. The van der Waals surface area contributed by atoms with Crippen LogP contribution in [0.5, 0.6) is 5.75 Å². The lowest BCUT2D eigenvalue weighted by atomic mass is 10.1. The van der Waals surface area contributed by atoms with Crippen LogP contribution in [0, 0.1) is 0 Å². The second kappa shape index (κ2) is 10.7. The molecule has 0 fully saturated rings. The van der Waals surface area contributed by atoms with Crippen LogP contribution in [-0.2, 0) is 4.79 Å². The largest absolute Gasteiger partial charge is 0.493 e. The van der Waals surface area contributed by atoms with E-state index < -0.39 is 0 Å². The summed E-state index contributed by atoms with van der Waals surface area (Å²) in [4.78, 5) is 23.2. The summed E-state index contributed by atoms with van der Waals surface area (Å²) in [6.45, 7) is 4.55. The Balaban J connectivity index is 1.85. The van der Waals surface area contributed by atoms with E-state index in [1.165, 1.54) is 6.08 Å². The van der Waals surface area contributed by atoms with Crippen molar-refractivity contribution in [2.45, 2.75) is 12.8 Å². The molecule has 0 saturated carbocycles. The average Bonchev–Trinajstić information content (AvgIpc) is 2.69. The number of hydrogen-bond acceptors (Lipinski definition) is 3. The van der Waals surface area contributed by atoms with E-state index in [4.69, 9.17) is 4.74 Å². The Labute approximate surface area is 154 Å². The number of benzene rings is 2. The highest BCUT2D eigenvalue weighted by molar-refractivity contribution is 6.06. The highest BCUT2D eigenvalue weighted by Crippen LogP contribution is 2.20. The van der Waals surface area contributed by atoms with Gasteiger partial charge in [-0.3, -0.25) is 9.59 Å². The van der Waals surface area contributed by atoms with Crippen LogP contribution in [0.15, 0.2) is 73.3 Å². The predicted octanol–water partition coefficient (Wildman–Crippen LogP) is 4.04. The zero-order valence-electron chi connectivity index (χ0n) is 14.7. The van der Waals surface area contributed by atoms with Gasteiger partial charge in [-0.1, -0.05) is 55.1 Å². The van der Waals surface area contributed by atoms with Crippen molar-refractivity contribution in [3.8, 4) is 5.75 Å². The summed E-state index contributed by atoms with van der Waals surface area (Å²) in [6.07, 6.45) is 6.23. The van der Waals surface area contributed by atoms with Crippen LogP contribution in [0.3, 0.4) is 0 Å². The molecular weight excluding hydrogens is 326 g/mol. The van der Waals surface area contributed by atoms with Crippen molar-refractivity contribution in [1.29, 1.82) is 0 Å². The average molecular weight is 349 g/mol. The molecule has 4 heteroatoms. The molecule has 2 aromatic rings. The molecule has 0 bridgehead atoms. The third-order valence-corrected chi connectivity index (χ3v) is 3.70. The maximum absolute atomic E-state index is 12.2. The minimum atomic E-state index is -0.163. The highest BCUT2D eigenvalue weighted by Gasteiger charge is 2.03. The summed E-state index contributed by atoms with van der Waals surface area (Å²) >= 11 is 0. The molecule has 26 heavy (non-hydrogen) atoms. The van der Waals surface area contributed by atoms with E-state index in [0.717, 1.165) is 24.2 Å². The molecule has 0 spiro atoms. The van der Waals surface area contributed by atoms with Gasteiger partial charge in [0, 0.05) is 17.7 Å². The van der Waals surface area contributed by atoms with E-state index in [1.54, 1.807) is 24.3 Å². The molecule has 134 valence electrons. The smallest absolute Gasteiger partial charge is 0.243 e. The number of ether oxygens (including phenoxy) is 1. The number of amides is 1. The van der Waals surface area contributed by atoms with E-state index >= 15 is 0 Å². The number of rotatable bonds is 10. The normalized spacial score (nSPS) is 10.5. The third-order valence-electron chi connectivity index (χ3n) is 3.70. The highest BCUT2D eigenvalue weighted by atomic mass is 16.5. The second-order valence-electron chi connectivity index (χ2n) is 5.65. The van der Waals surface area contributed by atoms with Crippen molar-refractivity contribution in [2.24, 2.45) is 0 Å². The van der Waals surface area contributed by atoms with Crippen LogP contribution < -0.4 is 10.1 Å². The number of unbranched alkanes of at least 4 members (excludes halogenated alkanes) is 1. The monoisotopic (exact) mass is 349 g/mol. The number of ketones is 1. The summed E-state index contributed by atoms with van der Waals surface area (Å²) in [5, 5.41) is 2.73. The number of allylic oxidation sites excluding steroid dienone is 1. The molecule has 0 unspecified atom stereocenters. The van der Waals surface area contributed by atoms with Crippen LogP contribution in [0.25, 0.3) is 6.08 Å². The molecule has 0 heterocycles. The van der Waals surface area contributed by atoms with Gasteiger partial charge in [0.25, 0.3) is 0 Å². The van der Waals surface area contributed by atoms with Crippen molar-refractivity contribution < 1.29 is 14.3 Å². The fraction of sp³-hybridized carbons (Fsp3) is 0.182. The van der Waals surface area contributed by atoms with Gasteiger partial charge >= 0.3 is 0 Å². The summed E-state index contributed by atoms with van der Waals surface area (Å²) < 4.78 is 5.81. The zero-order chi connectivity index (χ0) is 18.6. The molecule has 0 aliphatic carbocycles. The molecule has 2 aromatic carbocycles. The van der Waals surface area contributed by atoms with Gasteiger partial charge in [0.2, 0.25) is 5.91 Å². The fourth-order valence-corrected chi connectivity index (χ4v) is 2.31. The van der Waals surface area contributed by atoms with Gasteiger partial charge in [-0.15, -0.1) is 0 Å². The van der Waals surface area contributed by atoms with Gasteiger partial charge in [0.15, 0.2) is 5.78 Å². The molecule has 0 aromatic heterocycles. The second-order valence-corrected chi connectivity index (χ2v) is 5.65. The van der Waals surface area contributed by atoms with E-state index in [-0.39, 0.29) is 11.7 Å². The first-order chi connectivity index (χ1) is 12.7. The van der Waals surface area contributed by atoms with E-state index in [0.29, 0.717) is 18.7 Å². The molecule has 2 rings (SSSR count). The van der Waals surface area contributed by atoms with Gasteiger partial charge in [-0.25, -0.2) is 0 Å². The summed E-state index contributed by atoms with van der Waals surface area (Å²) in [5.74, 6) is 0.530. The van der Waals surface area contributed by atoms with Crippen LogP contribution in [0.2, 0.25) is 0 Å². The number of carbonyl (C=O) groups excluding carboxylic acids is 2. The number of nitrogens with one attached hydrogen (secondary N) is 1. The first-order valence-corrected chi connectivity index (χ1v) is 8.60. The Morgan fingerprint density at radius 3 is 2.50 bits per heavy atom. The Bertz CT molecular complexity index is 766. The standard InChI is InChI=1S/C22H23NO3/c1-2-22(25)23-16-8-9-17-26-21-13-7-6-12-19(21)14-15-20(24)18-10-4-3-5-11-18/h2-7,10-15H,1,8-9,16-17H2,(H,23,25). The zero-order valence-corrected chi connectivity index (χ0v) is 14.7. The molecule has 0 atom stereocenters. The van der Waals surface area contributed by atoms with Gasteiger partial charge in [0.05, 0.1) is 6.61 Å². The van der Waals surface area contributed by atoms with Crippen molar-refractivity contribution in [3.63, 3.8) is 0 Å². The predicted molar refractivity (Wildman–Crippen MR) is 104 cm³/mol. The lowest BCUT2D eigenvalue weighted by Crippen LogP contribution is -2.22. The van der Waals surface area contributed by atoms with E-state index in [1.807, 2.05) is 42.5 Å². The fourth-order valence-electron chi connectivity index (χ4n) is 2.31. The van der Waals surface area contributed by atoms with Crippen molar-refractivity contribution >= 4 is 17.8 Å². The quantitative estimate of drug-likeness (QED) is 0.400. The Morgan fingerprint density at radius 2 is 1.73 bits per heavy atom. The van der Waals surface area contributed by atoms with Crippen LogP contribution in [0.1, 0.15) is 28.8 Å².